The number of nitrogens with zero attached hydrogens (tertiary/aromatic N) is 2. The number of fused-ring (bicyclic) bond motifs is 1. The predicted molar refractivity (Wildman–Crippen MR) is 104 cm³/mol. The Morgan fingerprint density at radius 2 is 1.82 bits per heavy atom. The van der Waals surface area contributed by atoms with Crippen LogP contribution in [0.15, 0.2) is 18.2 Å². The van der Waals surface area contributed by atoms with Gasteiger partial charge in [-0.25, -0.2) is 4.79 Å². The van der Waals surface area contributed by atoms with Crippen molar-refractivity contribution < 1.29 is 24.6 Å². The standard InChI is InChI=1S/C17H22N4O3.C2H4O2/c1-10(2)21-7-5-12(6-8-21)18-16(22)15-13-9-11(17(23)24)3-4-14(13)19-20-15;1-2(3)4/h3-4,9-10,12H,5-8H2,1-2H3,(H,18,22)(H,19,20)(H,23,24);1H3,(H,3,4). The number of aromatic amines is 1. The minimum atomic E-state index is -1.02. The van der Waals surface area contributed by atoms with Crippen molar-refractivity contribution in [3.8, 4) is 0 Å². The number of nitrogens with one attached hydrogen (secondary N) is 2. The van der Waals surface area contributed by atoms with Gasteiger partial charge in [0.25, 0.3) is 11.9 Å². The molecule has 3 rings (SSSR count). The third-order valence-corrected chi connectivity index (χ3v) is 4.62. The van der Waals surface area contributed by atoms with Gasteiger partial charge in [-0.15, -0.1) is 0 Å². The molecule has 1 aromatic heterocycles. The maximum atomic E-state index is 12.5. The average molecular weight is 390 g/mol. The van der Waals surface area contributed by atoms with Gasteiger partial charge < -0.3 is 20.4 Å². The highest BCUT2D eigenvalue weighted by Crippen LogP contribution is 2.19. The van der Waals surface area contributed by atoms with Gasteiger partial charge in [-0.05, 0) is 44.9 Å². The number of carboxylic acid groups (broad SMARTS) is 2. The molecular weight excluding hydrogens is 364 g/mol. The third kappa shape index (κ3) is 5.53. The molecule has 0 spiro atoms. The molecule has 2 heterocycles. The van der Waals surface area contributed by atoms with Crippen LogP contribution < -0.4 is 5.32 Å². The Hall–Kier alpha value is -2.94. The Labute approximate surface area is 162 Å². The molecule has 0 aliphatic carbocycles. The summed E-state index contributed by atoms with van der Waals surface area (Å²) in [4.78, 5) is 35.0. The first kappa shape index (κ1) is 21.4. The molecule has 1 aromatic carbocycles. The number of aromatic nitrogens is 2. The van der Waals surface area contributed by atoms with Crippen LogP contribution in [0.5, 0.6) is 0 Å². The minimum Gasteiger partial charge on any atom is -0.481 e. The van der Waals surface area contributed by atoms with Gasteiger partial charge in [-0.1, -0.05) is 0 Å². The molecule has 0 unspecified atom stereocenters. The Kier molecular flexibility index (Phi) is 7.11. The molecule has 0 radical (unpaired) electrons. The van der Waals surface area contributed by atoms with Crippen LogP contribution in [0.2, 0.25) is 0 Å². The second-order valence-corrected chi connectivity index (χ2v) is 7.03. The van der Waals surface area contributed by atoms with Gasteiger partial charge in [0.1, 0.15) is 0 Å². The fourth-order valence-electron chi connectivity index (χ4n) is 3.13. The summed E-state index contributed by atoms with van der Waals surface area (Å²) in [7, 11) is 0. The number of amides is 1. The molecule has 1 aliphatic heterocycles. The van der Waals surface area contributed by atoms with Gasteiger partial charge in [0.2, 0.25) is 0 Å². The largest absolute Gasteiger partial charge is 0.481 e. The number of hydrogen-bond acceptors (Lipinski definition) is 5. The number of aromatic carboxylic acids is 1. The number of carbonyl (C=O) groups excluding carboxylic acids is 1. The van der Waals surface area contributed by atoms with Crippen LogP contribution in [0, 0.1) is 0 Å². The Balaban J connectivity index is 0.000000640. The van der Waals surface area contributed by atoms with E-state index in [2.05, 4.69) is 34.3 Å². The van der Waals surface area contributed by atoms with E-state index in [0.717, 1.165) is 32.9 Å². The van der Waals surface area contributed by atoms with E-state index in [1.54, 1.807) is 6.07 Å². The quantitative estimate of drug-likeness (QED) is 0.626. The molecule has 4 N–H and O–H groups in total. The SMILES string of the molecule is CC(=O)O.CC(C)N1CCC(NC(=O)c2n[nH]c3ccc(C(=O)O)cc23)CC1. The second kappa shape index (κ2) is 9.32. The molecule has 0 saturated carbocycles. The zero-order valence-corrected chi connectivity index (χ0v) is 16.2. The summed E-state index contributed by atoms with van der Waals surface area (Å²) in [5.41, 5.74) is 1.04. The van der Waals surface area contributed by atoms with Gasteiger partial charge >= 0.3 is 5.97 Å². The Morgan fingerprint density at radius 1 is 1.21 bits per heavy atom. The molecule has 1 saturated heterocycles. The molecule has 9 nitrogen and oxygen atoms in total. The van der Waals surface area contributed by atoms with Gasteiger partial charge in [-0.3, -0.25) is 14.7 Å². The number of aliphatic carboxylic acids is 1. The van der Waals surface area contributed by atoms with E-state index in [0.29, 0.717) is 16.9 Å². The van der Waals surface area contributed by atoms with Crippen molar-refractivity contribution in [1.82, 2.24) is 20.4 Å². The van der Waals surface area contributed by atoms with Gasteiger partial charge in [0.15, 0.2) is 5.69 Å². The highest BCUT2D eigenvalue weighted by Gasteiger charge is 2.24. The zero-order chi connectivity index (χ0) is 20.8. The number of H-pyrrole nitrogens is 1. The zero-order valence-electron chi connectivity index (χ0n) is 16.2. The minimum absolute atomic E-state index is 0.127. The van der Waals surface area contributed by atoms with Crippen molar-refractivity contribution in [3.63, 3.8) is 0 Å². The molecule has 0 atom stereocenters. The highest BCUT2D eigenvalue weighted by molar-refractivity contribution is 6.06. The van der Waals surface area contributed by atoms with E-state index >= 15 is 0 Å². The second-order valence-electron chi connectivity index (χ2n) is 7.03. The van der Waals surface area contributed by atoms with Crippen molar-refractivity contribution in [3.05, 3.63) is 29.5 Å². The van der Waals surface area contributed by atoms with Crippen molar-refractivity contribution in [1.29, 1.82) is 0 Å². The van der Waals surface area contributed by atoms with Crippen LogP contribution in [0.4, 0.5) is 0 Å². The van der Waals surface area contributed by atoms with Crippen LogP contribution in [0.1, 0.15) is 54.5 Å². The molecule has 152 valence electrons. The molecule has 9 heteroatoms. The van der Waals surface area contributed by atoms with E-state index in [1.807, 2.05) is 0 Å². The highest BCUT2D eigenvalue weighted by atomic mass is 16.4. The lowest BCUT2D eigenvalue weighted by Gasteiger charge is -2.34. The van der Waals surface area contributed by atoms with Crippen LogP contribution in [-0.4, -0.2) is 68.3 Å². The first-order valence-corrected chi connectivity index (χ1v) is 9.15. The monoisotopic (exact) mass is 390 g/mol. The number of hydrogen-bond donors (Lipinski definition) is 4. The summed E-state index contributed by atoms with van der Waals surface area (Å²) in [5.74, 6) is -2.11. The maximum absolute atomic E-state index is 12.5. The Bertz CT molecular complexity index is 849. The topological polar surface area (TPSA) is 136 Å². The summed E-state index contributed by atoms with van der Waals surface area (Å²) >= 11 is 0. The van der Waals surface area contributed by atoms with Gasteiger partial charge in [0.05, 0.1) is 11.1 Å². The van der Waals surface area contributed by atoms with E-state index in [4.69, 9.17) is 15.0 Å². The first-order valence-electron chi connectivity index (χ1n) is 9.15. The molecular formula is C19H26N4O5. The predicted octanol–water partition coefficient (Wildman–Crippen LogP) is 1.95. The van der Waals surface area contributed by atoms with Crippen molar-refractivity contribution >= 4 is 28.7 Å². The number of carboxylic acids is 2. The van der Waals surface area contributed by atoms with Crippen LogP contribution in [0.25, 0.3) is 10.9 Å². The maximum Gasteiger partial charge on any atom is 0.335 e. The Morgan fingerprint density at radius 3 is 2.36 bits per heavy atom. The molecule has 2 aromatic rings. The van der Waals surface area contributed by atoms with Gasteiger partial charge in [0, 0.05) is 37.5 Å². The number of benzene rings is 1. The summed E-state index contributed by atoms with van der Waals surface area (Å²) in [6.07, 6.45) is 1.82. The molecule has 1 fully saturated rings. The third-order valence-electron chi connectivity index (χ3n) is 4.62. The fourth-order valence-corrected chi connectivity index (χ4v) is 3.13. The van der Waals surface area contributed by atoms with E-state index < -0.39 is 11.9 Å². The van der Waals surface area contributed by atoms with Crippen LogP contribution in [-0.2, 0) is 4.79 Å². The lowest BCUT2D eigenvalue weighted by Crippen LogP contribution is -2.46. The first-order chi connectivity index (χ1) is 13.2. The number of carbonyl (C=O) groups is 3. The van der Waals surface area contributed by atoms with Crippen molar-refractivity contribution in [2.24, 2.45) is 0 Å². The molecule has 1 aliphatic rings. The molecule has 0 bridgehead atoms. The van der Waals surface area contributed by atoms with E-state index in [-0.39, 0.29) is 23.2 Å². The molecule has 1 amide bonds. The van der Waals surface area contributed by atoms with Crippen LogP contribution >= 0.6 is 0 Å². The average Bonchev–Trinajstić information content (AvgIpc) is 3.04. The lowest BCUT2D eigenvalue weighted by atomic mass is 10.0. The summed E-state index contributed by atoms with van der Waals surface area (Å²) < 4.78 is 0. The fraction of sp³-hybridized carbons (Fsp3) is 0.474. The molecule has 28 heavy (non-hydrogen) atoms. The van der Waals surface area contributed by atoms with E-state index in [9.17, 15) is 9.59 Å². The normalized spacial score (nSPS) is 15.1. The van der Waals surface area contributed by atoms with Gasteiger partial charge in [-0.2, -0.15) is 5.10 Å². The number of likely N-dealkylation sites (tertiary alicyclic amines) is 1. The van der Waals surface area contributed by atoms with Crippen molar-refractivity contribution in [2.75, 3.05) is 13.1 Å². The van der Waals surface area contributed by atoms with Crippen LogP contribution in [0.3, 0.4) is 0 Å². The lowest BCUT2D eigenvalue weighted by molar-refractivity contribution is -0.134. The van der Waals surface area contributed by atoms with E-state index in [1.165, 1.54) is 12.1 Å². The smallest absolute Gasteiger partial charge is 0.335 e. The summed E-state index contributed by atoms with van der Waals surface area (Å²) in [6, 6.07) is 5.25. The number of rotatable bonds is 4. The van der Waals surface area contributed by atoms with Crippen molar-refractivity contribution in [2.45, 2.75) is 45.7 Å². The number of piperidine rings is 1. The summed E-state index contributed by atoms with van der Waals surface area (Å²) in [6.45, 7) is 7.36. The summed E-state index contributed by atoms with van der Waals surface area (Å²) in [5, 5.41) is 26.9.